The zero-order valence-corrected chi connectivity index (χ0v) is 22.7. The van der Waals surface area contributed by atoms with Gasteiger partial charge in [0.2, 0.25) is 4.38 Å². The minimum atomic E-state index is -4.93. The quantitative estimate of drug-likeness (QED) is 0.269. The molecular formula is C24H34F3N3O5S2. The van der Waals surface area contributed by atoms with Crippen LogP contribution in [0.1, 0.15) is 57.7 Å². The van der Waals surface area contributed by atoms with Gasteiger partial charge in [-0.15, -0.1) is 6.42 Å². The third kappa shape index (κ3) is 10.1. The Labute approximate surface area is 224 Å². The Bertz CT molecular complexity index is 1020. The van der Waals surface area contributed by atoms with Crippen molar-refractivity contribution in [1.82, 2.24) is 14.5 Å². The molecule has 8 nitrogen and oxygen atoms in total. The first kappa shape index (κ1) is 31.4. The Morgan fingerprint density at radius 2 is 1.97 bits per heavy atom. The standard InChI is InChI=1S/C24H34F3N3O5S2/c1-4-7-9-29(10-8-5-2)11-13-37-23(36)34-16-19-18(33-12-6-3)14-20(35-19)30-15-17(24(25,26)27)21(31)28-22(30)32/h3,15,18-20H,4-5,7-14,16H2,1-2H3,(H,28,31,32)/t18-,19+,20+/m0/s1. The maximum atomic E-state index is 13.2. The molecule has 1 fully saturated rings. The van der Waals surface area contributed by atoms with E-state index in [4.69, 9.17) is 32.9 Å². The highest BCUT2D eigenvalue weighted by molar-refractivity contribution is 8.22. The van der Waals surface area contributed by atoms with Crippen molar-refractivity contribution in [1.29, 1.82) is 0 Å². The molecule has 37 heavy (non-hydrogen) atoms. The summed E-state index contributed by atoms with van der Waals surface area (Å²) in [5, 5.41) is 0. The summed E-state index contributed by atoms with van der Waals surface area (Å²) in [6, 6.07) is 0. The molecule has 13 heteroatoms. The van der Waals surface area contributed by atoms with Crippen LogP contribution in [-0.2, 0) is 20.4 Å². The van der Waals surface area contributed by atoms with Gasteiger partial charge >= 0.3 is 11.9 Å². The largest absolute Gasteiger partial charge is 0.476 e. The van der Waals surface area contributed by atoms with E-state index in [1.54, 1.807) is 4.98 Å². The molecule has 2 heterocycles. The van der Waals surface area contributed by atoms with E-state index in [0.29, 0.717) is 15.1 Å². The molecule has 0 bridgehead atoms. The van der Waals surface area contributed by atoms with Crippen molar-refractivity contribution >= 4 is 28.4 Å². The second kappa shape index (κ2) is 15.5. The molecule has 0 radical (unpaired) electrons. The van der Waals surface area contributed by atoms with Gasteiger partial charge in [-0.25, -0.2) is 4.79 Å². The third-order valence-electron chi connectivity index (χ3n) is 5.79. The van der Waals surface area contributed by atoms with Crippen LogP contribution >= 0.6 is 24.0 Å². The first-order valence-electron chi connectivity index (χ1n) is 12.3. The SMILES string of the molecule is C#CCO[C@H]1C[C@H](n2cc(C(F)(F)F)c(=O)[nH]c2=O)O[C@@H]1COC(=S)SCCN(CCCC)CCCC. The maximum absolute atomic E-state index is 13.2. The number of terminal acetylenes is 1. The fourth-order valence-electron chi connectivity index (χ4n) is 3.80. The average molecular weight is 566 g/mol. The number of nitrogens with zero attached hydrogens (tertiary/aromatic N) is 2. The summed E-state index contributed by atoms with van der Waals surface area (Å²) in [5.41, 5.74) is -4.04. The highest BCUT2D eigenvalue weighted by Crippen LogP contribution is 2.32. The van der Waals surface area contributed by atoms with Crippen molar-refractivity contribution in [3.63, 3.8) is 0 Å². The van der Waals surface area contributed by atoms with Crippen LogP contribution in [0.4, 0.5) is 13.2 Å². The van der Waals surface area contributed by atoms with Crippen molar-refractivity contribution in [2.24, 2.45) is 0 Å². The van der Waals surface area contributed by atoms with Gasteiger partial charge in [-0.2, -0.15) is 13.2 Å². The van der Waals surface area contributed by atoms with Gasteiger partial charge < -0.3 is 19.1 Å². The lowest BCUT2D eigenvalue weighted by molar-refractivity contribution is -0.139. The molecule has 1 aromatic rings. The number of unbranched alkanes of at least 4 members (excludes halogenated alkanes) is 2. The Balaban J connectivity index is 1.98. The number of rotatable bonds is 14. The van der Waals surface area contributed by atoms with E-state index >= 15 is 0 Å². The van der Waals surface area contributed by atoms with Crippen LogP contribution in [0.2, 0.25) is 0 Å². The van der Waals surface area contributed by atoms with E-state index in [1.807, 2.05) is 0 Å². The van der Waals surface area contributed by atoms with Crippen LogP contribution in [0, 0.1) is 12.3 Å². The molecule has 2 rings (SSSR count). The Morgan fingerprint density at radius 3 is 2.57 bits per heavy atom. The number of hydrogen-bond donors (Lipinski definition) is 1. The molecule has 0 aromatic carbocycles. The maximum Gasteiger partial charge on any atom is 0.423 e. The zero-order chi connectivity index (χ0) is 27.4. The molecule has 1 aliphatic rings. The number of thiocarbonyl (C=S) groups is 1. The summed E-state index contributed by atoms with van der Waals surface area (Å²) in [4.78, 5) is 28.0. The zero-order valence-electron chi connectivity index (χ0n) is 21.1. The van der Waals surface area contributed by atoms with E-state index < -0.39 is 41.4 Å². The van der Waals surface area contributed by atoms with E-state index in [9.17, 15) is 22.8 Å². The van der Waals surface area contributed by atoms with Crippen molar-refractivity contribution in [3.05, 3.63) is 32.6 Å². The molecule has 0 aliphatic carbocycles. The van der Waals surface area contributed by atoms with Crippen LogP contribution in [0.3, 0.4) is 0 Å². The molecule has 0 spiro atoms. The van der Waals surface area contributed by atoms with Gasteiger partial charge in [-0.1, -0.05) is 44.4 Å². The summed E-state index contributed by atoms with van der Waals surface area (Å²) < 4.78 is 57.7. The van der Waals surface area contributed by atoms with Gasteiger partial charge in [0.15, 0.2) is 0 Å². The van der Waals surface area contributed by atoms with E-state index in [-0.39, 0.29) is 19.6 Å². The minimum Gasteiger partial charge on any atom is -0.476 e. The highest BCUT2D eigenvalue weighted by atomic mass is 32.2. The Kier molecular flexibility index (Phi) is 13.2. The van der Waals surface area contributed by atoms with Crippen molar-refractivity contribution in [3.8, 4) is 12.3 Å². The van der Waals surface area contributed by atoms with Crippen molar-refractivity contribution in [2.45, 2.75) is 70.6 Å². The number of aromatic amines is 1. The Hall–Kier alpha value is -1.85. The van der Waals surface area contributed by atoms with Gasteiger partial charge in [-0.05, 0) is 38.1 Å². The predicted octanol–water partition coefficient (Wildman–Crippen LogP) is 3.80. The number of H-pyrrole nitrogens is 1. The van der Waals surface area contributed by atoms with E-state index in [1.165, 1.54) is 11.8 Å². The lowest BCUT2D eigenvalue weighted by Crippen LogP contribution is -2.36. The number of nitrogens with one attached hydrogen (secondary N) is 1. The molecule has 1 aliphatic heterocycles. The number of aromatic nitrogens is 2. The van der Waals surface area contributed by atoms with Gasteiger partial charge in [-0.3, -0.25) is 14.3 Å². The second-order valence-corrected chi connectivity index (χ2v) is 10.3. The molecule has 3 atom stereocenters. The third-order valence-corrected chi connectivity index (χ3v) is 7.00. The first-order valence-corrected chi connectivity index (χ1v) is 13.6. The van der Waals surface area contributed by atoms with Crippen LogP contribution in [0.25, 0.3) is 0 Å². The molecule has 0 unspecified atom stereocenters. The van der Waals surface area contributed by atoms with Gasteiger partial charge in [0.25, 0.3) is 5.56 Å². The van der Waals surface area contributed by atoms with Crippen LogP contribution in [-0.4, -0.2) is 69.6 Å². The fourth-order valence-corrected chi connectivity index (χ4v) is 4.79. The van der Waals surface area contributed by atoms with Gasteiger partial charge in [0.05, 0.1) is 6.10 Å². The normalized spacial score (nSPS) is 19.8. The molecule has 0 saturated carbocycles. The second-order valence-electron chi connectivity index (χ2n) is 8.58. The summed E-state index contributed by atoms with van der Waals surface area (Å²) in [7, 11) is 0. The number of ether oxygens (including phenoxy) is 3. The van der Waals surface area contributed by atoms with Crippen molar-refractivity contribution < 1.29 is 27.4 Å². The lowest BCUT2D eigenvalue weighted by Gasteiger charge is -2.22. The minimum absolute atomic E-state index is 0.0304. The van der Waals surface area contributed by atoms with E-state index in [2.05, 4.69) is 24.7 Å². The molecule has 1 aromatic heterocycles. The fraction of sp³-hybridized carbons (Fsp3) is 0.708. The van der Waals surface area contributed by atoms with E-state index in [0.717, 1.165) is 51.1 Å². The number of alkyl halides is 3. The lowest BCUT2D eigenvalue weighted by atomic mass is 10.2. The van der Waals surface area contributed by atoms with Gasteiger partial charge in [0, 0.05) is 24.9 Å². The molecule has 208 valence electrons. The number of thioether (sulfide) groups is 1. The van der Waals surface area contributed by atoms with Gasteiger partial charge in [0.1, 0.15) is 31.1 Å². The number of hydrogen-bond acceptors (Lipinski definition) is 8. The number of halogens is 3. The molecule has 0 amide bonds. The Morgan fingerprint density at radius 1 is 1.30 bits per heavy atom. The van der Waals surface area contributed by atoms with Crippen LogP contribution < -0.4 is 11.2 Å². The van der Waals surface area contributed by atoms with Crippen LogP contribution in [0.5, 0.6) is 0 Å². The first-order chi connectivity index (χ1) is 17.6. The monoisotopic (exact) mass is 565 g/mol. The molecular weight excluding hydrogens is 531 g/mol. The topological polar surface area (TPSA) is 85.8 Å². The summed E-state index contributed by atoms with van der Waals surface area (Å²) in [5.74, 6) is 3.09. The van der Waals surface area contributed by atoms with Crippen LogP contribution in [0.15, 0.2) is 15.8 Å². The summed E-state index contributed by atoms with van der Waals surface area (Å²) in [6.45, 7) is 7.18. The summed E-state index contributed by atoms with van der Waals surface area (Å²) >= 11 is 6.73. The smallest absolute Gasteiger partial charge is 0.423 e. The molecule has 1 N–H and O–H groups in total. The summed E-state index contributed by atoms with van der Waals surface area (Å²) in [6.07, 6.45) is 2.85. The predicted molar refractivity (Wildman–Crippen MR) is 141 cm³/mol. The molecule has 1 saturated heterocycles. The highest BCUT2D eigenvalue weighted by Gasteiger charge is 2.40. The van der Waals surface area contributed by atoms with Crippen molar-refractivity contribution in [2.75, 3.05) is 38.6 Å². The average Bonchev–Trinajstić information content (AvgIpc) is 3.24.